The van der Waals surface area contributed by atoms with E-state index in [0.29, 0.717) is 17.5 Å². The van der Waals surface area contributed by atoms with Crippen LogP contribution in [-0.4, -0.2) is 37.3 Å². The molecule has 0 amide bonds. The van der Waals surface area contributed by atoms with Crippen LogP contribution >= 0.6 is 11.3 Å². The maximum absolute atomic E-state index is 10.2. The van der Waals surface area contributed by atoms with E-state index in [0.717, 1.165) is 46.7 Å². The molecule has 3 heterocycles. The van der Waals surface area contributed by atoms with Crippen molar-refractivity contribution in [3.8, 4) is 23.1 Å². The molecule has 1 aliphatic carbocycles. The van der Waals surface area contributed by atoms with E-state index >= 15 is 0 Å². The van der Waals surface area contributed by atoms with E-state index in [4.69, 9.17) is 4.74 Å². The van der Waals surface area contributed by atoms with Crippen LogP contribution in [0.3, 0.4) is 0 Å². The Morgan fingerprint density at radius 1 is 1.20 bits per heavy atom. The fourth-order valence-electron chi connectivity index (χ4n) is 3.75. The fourth-order valence-corrected chi connectivity index (χ4v) is 4.70. The predicted molar refractivity (Wildman–Crippen MR) is 115 cm³/mol. The number of ether oxygens (including phenoxy) is 1. The van der Waals surface area contributed by atoms with E-state index in [1.165, 1.54) is 0 Å². The topological polar surface area (TPSA) is 99.8 Å². The quantitative estimate of drug-likeness (QED) is 0.426. The van der Waals surface area contributed by atoms with Gasteiger partial charge in [0, 0.05) is 24.4 Å². The molecule has 0 saturated heterocycles. The van der Waals surface area contributed by atoms with E-state index < -0.39 is 0 Å². The second-order valence-electron chi connectivity index (χ2n) is 7.48. The number of hydrogen-bond acceptors (Lipinski definition) is 7. The molecule has 1 saturated carbocycles. The molecular weight excluding hydrogens is 400 g/mol. The number of aliphatic hydroxyl groups excluding tert-OH is 1. The Morgan fingerprint density at radius 2 is 2.10 bits per heavy atom. The average Bonchev–Trinajstić information content (AvgIpc) is 3.35. The summed E-state index contributed by atoms with van der Waals surface area (Å²) in [5.74, 6) is 1.76. The van der Waals surface area contributed by atoms with Crippen molar-refractivity contribution in [1.82, 2.24) is 20.1 Å². The minimum atomic E-state index is -0.307. The van der Waals surface area contributed by atoms with Gasteiger partial charge < -0.3 is 15.2 Å². The molecule has 1 aromatic carbocycles. The Labute approximate surface area is 177 Å². The first-order chi connectivity index (χ1) is 14.7. The van der Waals surface area contributed by atoms with Crippen molar-refractivity contribution >= 4 is 26.7 Å². The number of aryl methyl sites for hydroxylation is 1. The average molecular weight is 424 g/mol. The van der Waals surface area contributed by atoms with Gasteiger partial charge in [-0.3, -0.25) is 0 Å². The smallest absolute Gasteiger partial charge is 0.275 e. The number of fused-ring (bicyclic) bond motifs is 1. The Morgan fingerprint density at radius 3 is 2.93 bits per heavy atom. The third-order valence-corrected chi connectivity index (χ3v) is 6.30. The summed E-state index contributed by atoms with van der Waals surface area (Å²) in [4.78, 5) is 13.5. The van der Waals surface area contributed by atoms with Crippen LogP contribution in [0.1, 0.15) is 25.7 Å². The van der Waals surface area contributed by atoms with Gasteiger partial charge in [0.05, 0.1) is 28.6 Å². The second-order valence-corrected chi connectivity index (χ2v) is 8.51. The number of benzene rings is 1. The van der Waals surface area contributed by atoms with Crippen molar-refractivity contribution < 1.29 is 14.5 Å². The van der Waals surface area contributed by atoms with Gasteiger partial charge >= 0.3 is 0 Å². The molecule has 154 valence electrons. The Bertz CT molecular complexity index is 1170. The van der Waals surface area contributed by atoms with Crippen LogP contribution < -0.4 is 14.7 Å². The van der Waals surface area contributed by atoms with E-state index in [1.807, 2.05) is 42.2 Å². The van der Waals surface area contributed by atoms with E-state index in [2.05, 4.69) is 25.4 Å². The maximum Gasteiger partial charge on any atom is 0.275 e. The summed E-state index contributed by atoms with van der Waals surface area (Å²) in [6, 6.07) is 9.53. The van der Waals surface area contributed by atoms with Gasteiger partial charge in [0.15, 0.2) is 12.2 Å². The Hall–Kier alpha value is -3.04. The van der Waals surface area contributed by atoms with Crippen molar-refractivity contribution in [3.63, 3.8) is 0 Å². The van der Waals surface area contributed by atoms with Gasteiger partial charge in [0.25, 0.3) is 5.69 Å². The van der Waals surface area contributed by atoms with Crippen molar-refractivity contribution in [2.75, 3.05) is 5.32 Å². The number of nitrogens with one attached hydrogen (secondary N) is 2. The molecule has 4 aromatic rings. The van der Waals surface area contributed by atoms with Gasteiger partial charge in [-0.2, -0.15) is 10.1 Å². The van der Waals surface area contributed by atoms with Crippen LogP contribution in [-0.2, 0) is 7.05 Å². The van der Waals surface area contributed by atoms with Crippen LogP contribution in [0, 0.1) is 0 Å². The molecule has 5 rings (SSSR count). The van der Waals surface area contributed by atoms with Crippen molar-refractivity contribution in [2.45, 2.75) is 37.8 Å². The number of rotatable bonds is 5. The summed E-state index contributed by atoms with van der Waals surface area (Å²) in [6.07, 6.45) is 7.27. The first-order valence-corrected chi connectivity index (χ1v) is 10.9. The number of anilines is 1. The second kappa shape index (κ2) is 8.00. The van der Waals surface area contributed by atoms with Gasteiger partial charge in [0.2, 0.25) is 11.7 Å². The summed E-state index contributed by atoms with van der Waals surface area (Å²) in [5.41, 5.74) is 1.78. The normalized spacial score (nSPS) is 19.1. The van der Waals surface area contributed by atoms with Gasteiger partial charge in [-0.25, -0.2) is 9.97 Å². The molecule has 2 atom stereocenters. The molecule has 0 spiro atoms. The summed E-state index contributed by atoms with van der Waals surface area (Å²) in [7, 11) is 1.90. The van der Waals surface area contributed by atoms with Crippen molar-refractivity contribution in [3.05, 3.63) is 42.7 Å². The summed E-state index contributed by atoms with van der Waals surface area (Å²) in [6.45, 7) is 0. The Kier molecular flexibility index (Phi) is 5.06. The zero-order chi connectivity index (χ0) is 20.5. The number of hydrogen-bond donors (Lipinski definition) is 3. The minimum Gasteiger partial charge on any atom is -0.439 e. The molecule has 1 fully saturated rings. The highest BCUT2D eigenvalue weighted by atomic mass is 32.1. The highest BCUT2D eigenvalue weighted by Crippen LogP contribution is 2.32. The largest absolute Gasteiger partial charge is 0.439 e. The zero-order valence-corrected chi connectivity index (χ0v) is 17.4. The highest BCUT2D eigenvalue weighted by molar-refractivity contribution is 7.22. The van der Waals surface area contributed by atoms with Crippen molar-refractivity contribution in [1.29, 1.82) is 0 Å². The highest BCUT2D eigenvalue weighted by Gasteiger charge is 2.23. The molecule has 30 heavy (non-hydrogen) atoms. The molecule has 8 nitrogen and oxygen atoms in total. The predicted octanol–water partition coefficient (Wildman–Crippen LogP) is 3.41. The standard InChI is InChI=1S/C21H22N6O2S/c1-27-16(8-11-23-27)20-22-10-9-19(26-20)29-13-6-7-15-18(12-13)30-21(25-15)24-14-4-2-3-5-17(14)28/h6-12,14,17,28H,2-5H2,1H3,(H,24,25)/p+1/t14-,17-/m1/s1. The monoisotopic (exact) mass is 423 g/mol. The lowest BCUT2D eigenvalue weighted by Crippen LogP contribution is -2.36. The molecule has 3 N–H and O–H groups in total. The Balaban J connectivity index is 1.35. The maximum atomic E-state index is 10.2. The molecule has 9 heteroatoms. The number of aromatic nitrogens is 5. The molecule has 3 aromatic heterocycles. The molecule has 0 aliphatic heterocycles. The molecule has 0 bridgehead atoms. The van der Waals surface area contributed by atoms with Gasteiger partial charge in [0.1, 0.15) is 5.75 Å². The van der Waals surface area contributed by atoms with Gasteiger partial charge in [-0.15, -0.1) is 4.68 Å². The van der Waals surface area contributed by atoms with E-state index in [-0.39, 0.29) is 12.1 Å². The first kappa shape index (κ1) is 19.0. The number of aromatic amines is 1. The van der Waals surface area contributed by atoms with Crippen LogP contribution in [0.2, 0.25) is 0 Å². The van der Waals surface area contributed by atoms with E-state index in [9.17, 15) is 5.11 Å². The van der Waals surface area contributed by atoms with Crippen LogP contribution in [0.15, 0.2) is 42.7 Å². The van der Waals surface area contributed by atoms with Crippen LogP contribution in [0.5, 0.6) is 11.6 Å². The number of nitrogens with zero attached hydrogens (tertiary/aromatic N) is 4. The number of H-pyrrole nitrogens is 1. The van der Waals surface area contributed by atoms with Crippen LogP contribution in [0.25, 0.3) is 21.7 Å². The minimum absolute atomic E-state index is 0.0734. The van der Waals surface area contributed by atoms with Crippen LogP contribution in [0.4, 0.5) is 5.13 Å². The summed E-state index contributed by atoms with van der Waals surface area (Å²) in [5, 5.41) is 17.5. The summed E-state index contributed by atoms with van der Waals surface area (Å²) >= 11 is 1.57. The lowest BCUT2D eigenvalue weighted by atomic mass is 9.93. The third kappa shape index (κ3) is 3.86. The lowest BCUT2D eigenvalue weighted by Gasteiger charge is -2.27. The van der Waals surface area contributed by atoms with E-state index in [1.54, 1.807) is 23.6 Å². The summed E-state index contributed by atoms with van der Waals surface area (Å²) < 4.78 is 8.86. The fraction of sp³-hybridized carbons (Fsp3) is 0.333. The molecular formula is C21H23N6O2S+. The molecule has 0 radical (unpaired) electrons. The van der Waals surface area contributed by atoms with Gasteiger partial charge in [-0.1, -0.05) is 24.2 Å². The van der Waals surface area contributed by atoms with Gasteiger partial charge in [-0.05, 0) is 25.0 Å². The third-order valence-electron chi connectivity index (χ3n) is 5.35. The number of aliphatic hydroxyl groups is 1. The number of thiazole rings is 1. The zero-order valence-electron chi connectivity index (χ0n) is 16.6. The first-order valence-electron chi connectivity index (χ1n) is 10.1. The SMILES string of the molecule is C[n+]1[nH]ccc1-c1nccc(Oc2ccc3nc(N[C@@H]4CCCC[C@H]4O)sc3c2)n1. The molecule has 1 aliphatic rings. The lowest BCUT2D eigenvalue weighted by molar-refractivity contribution is -0.716. The van der Waals surface area contributed by atoms with Crippen molar-refractivity contribution in [2.24, 2.45) is 7.05 Å². The molecule has 0 unspecified atom stereocenters.